The Balaban J connectivity index is 1.90. The Morgan fingerprint density at radius 2 is 1.67 bits per heavy atom. The molecule has 1 amide bonds. The quantitative estimate of drug-likeness (QED) is 0.410. The second-order valence-electron chi connectivity index (χ2n) is 8.95. The smallest absolute Gasteiger partial charge is 0.224 e. The number of fused-ring (bicyclic) bond motifs is 3. The van der Waals surface area contributed by atoms with Crippen LogP contribution in [0.5, 0.6) is 28.7 Å². The van der Waals surface area contributed by atoms with E-state index in [9.17, 15) is 20.1 Å². The Hall–Kier alpha value is -3.95. The average molecular weight is 494 g/mol. The molecule has 1 fully saturated rings. The van der Waals surface area contributed by atoms with Gasteiger partial charge in [-0.25, -0.2) is 0 Å². The zero-order valence-electron chi connectivity index (χ0n) is 20.0. The summed E-state index contributed by atoms with van der Waals surface area (Å²) < 4.78 is 22.8. The summed E-state index contributed by atoms with van der Waals surface area (Å²) in [5.41, 5.74) is 2.90. The third-order valence-electron chi connectivity index (χ3n) is 7.37. The molecule has 0 radical (unpaired) electrons. The first kappa shape index (κ1) is 23.8. The molecule has 1 heterocycles. The number of ether oxygens (including phenoxy) is 4. The summed E-state index contributed by atoms with van der Waals surface area (Å²) >= 11 is 0. The van der Waals surface area contributed by atoms with E-state index in [4.69, 9.17) is 24.7 Å². The molecule has 3 aromatic rings. The second-order valence-corrected chi connectivity index (χ2v) is 8.95. The number of phenols is 1. The van der Waals surface area contributed by atoms with E-state index in [0.29, 0.717) is 16.9 Å². The number of hydrogen-bond donors (Lipinski definition) is 4. The highest BCUT2D eigenvalue weighted by Gasteiger charge is 2.78. The Labute approximate surface area is 207 Å². The van der Waals surface area contributed by atoms with E-state index in [0.717, 1.165) is 0 Å². The van der Waals surface area contributed by atoms with Gasteiger partial charge in [-0.05, 0) is 17.7 Å². The number of carbonyl (C=O) groups is 1. The van der Waals surface area contributed by atoms with Gasteiger partial charge in [-0.3, -0.25) is 4.79 Å². The molecule has 9 nitrogen and oxygen atoms in total. The lowest BCUT2D eigenvalue weighted by molar-refractivity contribution is -0.154. The van der Waals surface area contributed by atoms with Gasteiger partial charge >= 0.3 is 0 Å². The Bertz CT molecular complexity index is 1330. The van der Waals surface area contributed by atoms with Gasteiger partial charge in [-0.1, -0.05) is 36.4 Å². The number of primary amides is 1. The molecule has 9 heteroatoms. The molecule has 3 aromatic carbocycles. The van der Waals surface area contributed by atoms with Crippen molar-refractivity contribution >= 4 is 5.91 Å². The molecule has 36 heavy (non-hydrogen) atoms. The fraction of sp³-hybridized carbons (Fsp3) is 0.296. The summed E-state index contributed by atoms with van der Waals surface area (Å²) in [5.74, 6) is -2.22. The first-order chi connectivity index (χ1) is 17.2. The minimum absolute atomic E-state index is 0.151. The van der Waals surface area contributed by atoms with E-state index >= 15 is 0 Å². The minimum atomic E-state index is -2.21. The van der Waals surface area contributed by atoms with Crippen molar-refractivity contribution < 1.29 is 39.1 Å². The van der Waals surface area contributed by atoms with Crippen LogP contribution in [0.25, 0.3) is 0 Å². The van der Waals surface area contributed by atoms with Crippen molar-refractivity contribution in [1.82, 2.24) is 0 Å². The predicted molar refractivity (Wildman–Crippen MR) is 128 cm³/mol. The van der Waals surface area contributed by atoms with Gasteiger partial charge in [0.05, 0.1) is 32.8 Å². The standard InChI is InChI=1S/C27H27NO8/c1-33-16-12-19(35-3)23-20(13-16)36-27(15-9-10-18(34-2)17(29)11-15)22(14-7-5-4-6-8-14)21(25(28)31)24(30)26(23,27)32/h4-13,21-22,24,29-30,32H,1-3H3,(H2,28,31). The number of nitrogens with two attached hydrogens (primary N) is 1. The molecule has 0 bridgehead atoms. The van der Waals surface area contributed by atoms with Crippen LogP contribution in [0.2, 0.25) is 0 Å². The zero-order valence-corrected chi connectivity index (χ0v) is 20.0. The number of hydrogen-bond acceptors (Lipinski definition) is 8. The van der Waals surface area contributed by atoms with Crippen molar-refractivity contribution in [3.05, 3.63) is 77.4 Å². The van der Waals surface area contributed by atoms with E-state index in [1.165, 1.54) is 33.5 Å². The summed E-state index contributed by atoms with van der Waals surface area (Å²) in [6.07, 6.45) is -1.69. The molecule has 2 aliphatic rings. The van der Waals surface area contributed by atoms with Crippen LogP contribution in [0.3, 0.4) is 0 Å². The van der Waals surface area contributed by atoms with Crippen LogP contribution in [-0.2, 0) is 16.0 Å². The molecule has 1 aliphatic carbocycles. The van der Waals surface area contributed by atoms with E-state index in [1.54, 1.807) is 42.5 Å². The third-order valence-corrected chi connectivity index (χ3v) is 7.37. The van der Waals surface area contributed by atoms with Crippen LogP contribution in [0.15, 0.2) is 60.7 Å². The summed E-state index contributed by atoms with van der Waals surface area (Å²) in [4.78, 5) is 12.9. The normalized spacial score (nSPS) is 28.1. The van der Waals surface area contributed by atoms with Gasteiger partial charge in [0, 0.05) is 23.6 Å². The van der Waals surface area contributed by atoms with E-state index in [1.807, 2.05) is 6.07 Å². The van der Waals surface area contributed by atoms with Crippen LogP contribution in [0.1, 0.15) is 22.6 Å². The van der Waals surface area contributed by atoms with Crippen molar-refractivity contribution in [2.75, 3.05) is 21.3 Å². The van der Waals surface area contributed by atoms with Crippen molar-refractivity contribution in [2.45, 2.75) is 23.2 Å². The number of aliphatic hydroxyl groups excluding tert-OH is 1. The van der Waals surface area contributed by atoms with Crippen LogP contribution in [0.4, 0.5) is 0 Å². The zero-order chi connectivity index (χ0) is 25.8. The van der Waals surface area contributed by atoms with Gasteiger partial charge in [-0.15, -0.1) is 0 Å². The Morgan fingerprint density at radius 1 is 0.972 bits per heavy atom. The van der Waals surface area contributed by atoms with Crippen molar-refractivity contribution in [2.24, 2.45) is 11.7 Å². The van der Waals surface area contributed by atoms with E-state index in [-0.39, 0.29) is 28.6 Å². The first-order valence-corrected chi connectivity index (χ1v) is 11.3. The highest BCUT2D eigenvalue weighted by molar-refractivity contribution is 5.81. The van der Waals surface area contributed by atoms with Crippen molar-refractivity contribution in [3.8, 4) is 28.7 Å². The van der Waals surface area contributed by atoms with Gasteiger partial charge in [0.2, 0.25) is 5.91 Å². The number of aliphatic hydroxyl groups is 2. The number of aromatic hydroxyl groups is 1. The Kier molecular flexibility index (Phi) is 5.50. The summed E-state index contributed by atoms with van der Waals surface area (Å²) in [7, 11) is 4.31. The molecule has 1 saturated carbocycles. The number of methoxy groups -OCH3 is 3. The van der Waals surface area contributed by atoms with Crippen molar-refractivity contribution in [1.29, 1.82) is 0 Å². The maximum absolute atomic E-state index is 12.9. The molecule has 5 rings (SSSR count). The van der Waals surface area contributed by atoms with Crippen LogP contribution in [-0.4, -0.2) is 48.7 Å². The molecule has 5 atom stereocenters. The van der Waals surface area contributed by atoms with Crippen LogP contribution in [0, 0.1) is 5.92 Å². The fourth-order valence-corrected chi connectivity index (χ4v) is 5.90. The van der Waals surface area contributed by atoms with Gasteiger partial charge in [-0.2, -0.15) is 0 Å². The molecular weight excluding hydrogens is 466 g/mol. The third kappa shape index (κ3) is 2.93. The van der Waals surface area contributed by atoms with Gasteiger partial charge in [0.15, 0.2) is 22.7 Å². The summed E-state index contributed by atoms with van der Waals surface area (Å²) in [6, 6.07) is 16.6. The molecule has 0 aromatic heterocycles. The molecule has 5 unspecified atom stereocenters. The lowest BCUT2D eigenvalue weighted by atomic mass is 9.70. The van der Waals surface area contributed by atoms with Gasteiger partial charge in [0.25, 0.3) is 0 Å². The lowest BCUT2D eigenvalue weighted by Gasteiger charge is -2.40. The highest BCUT2D eigenvalue weighted by Crippen LogP contribution is 2.70. The average Bonchev–Trinajstić information content (AvgIpc) is 3.26. The maximum Gasteiger partial charge on any atom is 0.224 e. The summed E-state index contributed by atoms with van der Waals surface area (Å²) in [5, 5.41) is 35.0. The summed E-state index contributed by atoms with van der Waals surface area (Å²) in [6.45, 7) is 0. The molecule has 1 aliphatic heterocycles. The maximum atomic E-state index is 12.9. The molecule has 0 spiro atoms. The highest BCUT2D eigenvalue weighted by atomic mass is 16.5. The van der Waals surface area contributed by atoms with Crippen LogP contribution >= 0.6 is 0 Å². The number of amides is 1. The lowest BCUT2D eigenvalue weighted by Crippen LogP contribution is -2.52. The number of phenolic OH excluding ortho intramolecular Hbond substituents is 1. The molecular formula is C27H27NO8. The Morgan fingerprint density at radius 3 is 2.25 bits per heavy atom. The SMILES string of the molecule is COc1cc(OC)c2c(c1)OC1(c3ccc(OC)c(O)c3)C(c3ccccc3)C(C(N)=O)C(O)C21O. The van der Waals surface area contributed by atoms with E-state index < -0.39 is 35.0 Å². The fourth-order valence-electron chi connectivity index (χ4n) is 5.90. The van der Waals surface area contributed by atoms with E-state index in [2.05, 4.69) is 0 Å². The molecule has 188 valence electrons. The largest absolute Gasteiger partial charge is 0.504 e. The van der Waals surface area contributed by atoms with Gasteiger partial charge < -0.3 is 40.0 Å². The topological polar surface area (TPSA) is 141 Å². The van der Waals surface area contributed by atoms with Crippen molar-refractivity contribution in [3.63, 3.8) is 0 Å². The second kappa shape index (κ2) is 8.32. The van der Waals surface area contributed by atoms with Crippen LogP contribution < -0.4 is 24.7 Å². The number of rotatable bonds is 6. The predicted octanol–water partition coefficient (Wildman–Crippen LogP) is 2.15. The first-order valence-electron chi connectivity index (χ1n) is 11.3. The molecule has 5 N–H and O–H groups in total. The molecule has 0 saturated heterocycles. The van der Waals surface area contributed by atoms with Gasteiger partial charge in [0.1, 0.15) is 23.4 Å². The number of benzene rings is 3. The minimum Gasteiger partial charge on any atom is -0.504 e. The number of carbonyl (C=O) groups excluding carboxylic acids is 1. The monoisotopic (exact) mass is 493 g/mol.